The molecule has 1 fully saturated rings. The number of amides is 1. The summed E-state index contributed by atoms with van der Waals surface area (Å²) in [6.07, 6.45) is -1.38. The van der Waals surface area contributed by atoms with Crippen molar-refractivity contribution in [3.63, 3.8) is 0 Å². The lowest BCUT2D eigenvalue weighted by molar-refractivity contribution is -0.605. The molecule has 176 valence electrons. The lowest BCUT2D eigenvalue weighted by Crippen LogP contribution is -2.29. The van der Waals surface area contributed by atoms with Crippen LogP contribution in [0.2, 0.25) is 10.0 Å². The molecule has 0 unspecified atom stereocenters. The molecule has 1 aliphatic carbocycles. The van der Waals surface area contributed by atoms with Crippen molar-refractivity contribution in [2.75, 3.05) is 5.32 Å². The summed E-state index contributed by atoms with van der Waals surface area (Å²) in [6, 6.07) is 6.41. The molecule has 4 rings (SSSR count). The Morgan fingerprint density at radius 2 is 1.88 bits per heavy atom. The van der Waals surface area contributed by atoms with Gasteiger partial charge in [0, 0.05) is 24.2 Å². The van der Waals surface area contributed by atoms with Crippen LogP contribution in [0.4, 0.5) is 19.0 Å². The maximum atomic E-state index is 13.2. The number of carbonyl (C=O) groups excluding carboxylic acids is 1. The van der Waals surface area contributed by atoms with Crippen molar-refractivity contribution in [2.24, 2.45) is 5.73 Å². The Kier molecular flexibility index (Phi) is 5.83. The summed E-state index contributed by atoms with van der Waals surface area (Å²) in [5.41, 5.74) is 4.04. The summed E-state index contributed by atoms with van der Waals surface area (Å²) in [4.78, 5) is 12.3. The maximum absolute atomic E-state index is 13.2. The predicted octanol–water partition coefficient (Wildman–Crippen LogP) is 3.83. The monoisotopic (exact) mass is 510 g/mol. The lowest BCUT2D eigenvalue weighted by Gasteiger charge is -2.18. The molecule has 1 saturated carbocycles. The number of hydrogen-bond donors (Lipinski definition) is 2. The molecule has 2 aromatic heterocycles. The van der Waals surface area contributed by atoms with E-state index in [-0.39, 0.29) is 39.4 Å². The molecule has 8 nitrogen and oxygen atoms in total. The second kappa shape index (κ2) is 8.38. The number of carbonyl (C=O) groups is 1. The Morgan fingerprint density at radius 1 is 1.29 bits per heavy atom. The van der Waals surface area contributed by atoms with Gasteiger partial charge in [-0.25, -0.2) is 4.68 Å². The van der Waals surface area contributed by atoms with Crippen molar-refractivity contribution < 1.29 is 22.7 Å². The molecule has 13 heteroatoms. The average molecular weight is 511 g/mol. The Labute approximate surface area is 200 Å². The highest BCUT2D eigenvalue weighted by Gasteiger charge is 2.54. The summed E-state index contributed by atoms with van der Waals surface area (Å²) >= 11 is 12.4. The summed E-state index contributed by atoms with van der Waals surface area (Å²) < 4.78 is 41.3. The minimum absolute atomic E-state index is 0.104. The topological polar surface area (TPSA) is 124 Å². The number of rotatable bonds is 6. The number of anilines is 1. The Hall–Kier alpha value is -3.49. The summed E-state index contributed by atoms with van der Waals surface area (Å²) in [5.74, 6) is -0.529. The van der Waals surface area contributed by atoms with Gasteiger partial charge in [0.25, 0.3) is 0 Å². The van der Waals surface area contributed by atoms with Gasteiger partial charge in [-0.2, -0.15) is 28.3 Å². The normalized spacial score (nSPS) is 14.5. The molecule has 0 bridgehead atoms. The number of nitrogens with two attached hydrogens (primary N) is 1. The first-order chi connectivity index (χ1) is 16.0. The summed E-state index contributed by atoms with van der Waals surface area (Å²) in [5, 5.41) is 27.6. The molecule has 1 aliphatic rings. The fourth-order valence-electron chi connectivity index (χ4n) is 3.70. The molecule has 0 spiro atoms. The Bertz CT molecular complexity index is 1300. The highest BCUT2D eigenvalue weighted by Crippen LogP contribution is 2.52. The fourth-order valence-corrected chi connectivity index (χ4v) is 4.35. The molecule has 2 heterocycles. The number of alkyl halides is 3. The van der Waals surface area contributed by atoms with Crippen LogP contribution in [-0.2, 0) is 22.9 Å². The van der Waals surface area contributed by atoms with E-state index in [4.69, 9.17) is 28.9 Å². The Balaban J connectivity index is 1.90. The highest BCUT2D eigenvalue weighted by molar-refractivity contribution is 6.38. The number of nitriles is 1. The molecule has 0 atom stereocenters. The van der Waals surface area contributed by atoms with Gasteiger partial charge in [-0.3, -0.25) is 4.79 Å². The molecule has 1 amide bonds. The summed E-state index contributed by atoms with van der Waals surface area (Å²) in [6.45, 7) is 0.120. The van der Waals surface area contributed by atoms with Crippen LogP contribution >= 0.6 is 23.2 Å². The van der Waals surface area contributed by atoms with Gasteiger partial charge in [0.2, 0.25) is 5.91 Å². The van der Waals surface area contributed by atoms with Gasteiger partial charge >= 0.3 is 6.18 Å². The van der Waals surface area contributed by atoms with Crippen molar-refractivity contribution in [3.8, 4) is 11.8 Å². The van der Waals surface area contributed by atoms with E-state index < -0.39 is 23.1 Å². The van der Waals surface area contributed by atoms with Crippen LogP contribution in [0.25, 0.3) is 5.69 Å². The van der Waals surface area contributed by atoms with Crippen LogP contribution in [0.1, 0.15) is 35.2 Å². The van der Waals surface area contributed by atoms with E-state index in [0.717, 1.165) is 4.68 Å². The molecule has 0 aliphatic heterocycles. The number of benzene rings is 1. The molecular formula is C21H15Cl2F3N6O2. The number of primary amides is 1. The zero-order valence-corrected chi connectivity index (χ0v) is 18.7. The van der Waals surface area contributed by atoms with Crippen molar-refractivity contribution in [3.05, 3.63) is 74.3 Å². The third-order valence-corrected chi connectivity index (χ3v) is 6.15. The lowest BCUT2D eigenvalue weighted by atomic mass is 9.94. The first-order valence-corrected chi connectivity index (χ1v) is 10.5. The molecule has 3 N–H and O–H groups in total. The number of halogens is 5. The van der Waals surface area contributed by atoms with E-state index in [1.54, 1.807) is 12.1 Å². The fraction of sp³-hybridized carbons (Fsp3) is 0.238. The zero-order valence-electron chi connectivity index (χ0n) is 17.2. The highest BCUT2D eigenvalue weighted by atomic mass is 35.5. The second-order valence-electron chi connectivity index (χ2n) is 7.75. The minimum atomic E-state index is -4.68. The van der Waals surface area contributed by atoms with E-state index in [0.29, 0.717) is 35.3 Å². The van der Waals surface area contributed by atoms with E-state index in [1.807, 2.05) is 6.07 Å². The predicted molar refractivity (Wildman–Crippen MR) is 116 cm³/mol. The standard InChI is InChI=1S/C21H15Cl2F3N6O2/c22-13-7-12(21(24,25)26)8-14(23)17(13)32-18(29-10-11-1-5-31(34)6-2-11)16(15(9-27)30-32)20(3-4-20)19(28)33/h1-2,5-8,29H,3-4,10H2,(H2,28,33). The number of nitrogens with one attached hydrogen (secondary N) is 1. The largest absolute Gasteiger partial charge is 0.619 e. The van der Waals surface area contributed by atoms with E-state index >= 15 is 0 Å². The van der Waals surface area contributed by atoms with Crippen molar-refractivity contribution in [1.82, 2.24) is 9.78 Å². The van der Waals surface area contributed by atoms with Crippen molar-refractivity contribution >= 4 is 34.9 Å². The van der Waals surface area contributed by atoms with Gasteiger partial charge in [-0.1, -0.05) is 23.2 Å². The van der Waals surface area contributed by atoms with Crippen LogP contribution in [0.5, 0.6) is 0 Å². The third-order valence-electron chi connectivity index (χ3n) is 5.58. The van der Waals surface area contributed by atoms with Gasteiger partial charge in [0.1, 0.15) is 17.6 Å². The Morgan fingerprint density at radius 3 is 2.35 bits per heavy atom. The molecule has 0 radical (unpaired) electrons. The zero-order chi connectivity index (χ0) is 24.8. The molecule has 3 aromatic rings. The van der Waals surface area contributed by atoms with Gasteiger partial charge in [-0.05, 0) is 30.5 Å². The quantitative estimate of drug-likeness (QED) is 0.385. The van der Waals surface area contributed by atoms with E-state index in [9.17, 15) is 28.4 Å². The first kappa shape index (κ1) is 23.7. The van der Waals surface area contributed by atoms with Crippen molar-refractivity contribution in [1.29, 1.82) is 5.26 Å². The molecule has 34 heavy (non-hydrogen) atoms. The van der Waals surface area contributed by atoms with E-state index in [1.165, 1.54) is 12.4 Å². The maximum Gasteiger partial charge on any atom is 0.416 e. The van der Waals surface area contributed by atoms with Crippen molar-refractivity contribution in [2.45, 2.75) is 31.0 Å². The second-order valence-corrected chi connectivity index (χ2v) is 8.56. The smallest absolute Gasteiger partial charge is 0.416 e. The van der Waals surface area contributed by atoms with Gasteiger partial charge in [0.15, 0.2) is 18.1 Å². The van der Waals surface area contributed by atoms with Crippen LogP contribution in [-0.4, -0.2) is 15.7 Å². The van der Waals surface area contributed by atoms with Crippen LogP contribution < -0.4 is 15.8 Å². The average Bonchev–Trinajstić information content (AvgIpc) is 3.49. The van der Waals surface area contributed by atoms with Gasteiger partial charge in [0.05, 0.1) is 21.0 Å². The number of aromatic nitrogens is 3. The number of pyridine rings is 1. The molecule has 1 aromatic carbocycles. The number of hydrogen-bond acceptors (Lipinski definition) is 5. The third kappa shape index (κ3) is 4.10. The van der Waals surface area contributed by atoms with Crippen LogP contribution in [0, 0.1) is 16.5 Å². The minimum Gasteiger partial charge on any atom is -0.619 e. The van der Waals surface area contributed by atoms with Crippen LogP contribution in [0.15, 0.2) is 36.7 Å². The van der Waals surface area contributed by atoms with Gasteiger partial charge < -0.3 is 16.3 Å². The molecule has 0 saturated heterocycles. The SMILES string of the molecule is N#Cc1nn(-c2c(Cl)cc(C(F)(F)F)cc2Cl)c(NCc2cc[n+]([O-])cc2)c1C1(C(N)=O)CC1. The number of nitrogens with zero attached hydrogens (tertiary/aromatic N) is 4. The summed E-state index contributed by atoms with van der Waals surface area (Å²) in [7, 11) is 0. The first-order valence-electron chi connectivity index (χ1n) is 9.79. The van der Waals surface area contributed by atoms with Crippen LogP contribution in [0.3, 0.4) is 0 Å². The molecular weight excluding hydrogens is 496 g/mol. The van der Waals surface area contributed by atoms with E-state index in [2.05, 4.69) is 10.4 Å². The van der Waals surface area contributed by atoms with Gasteiger partial charge in [-0.15, -0.1) is 0 Å².